The summed E-state index contributed by atoms with van der Waals surface area (Å²) >= 11 is 9.46. The van der Waals surface area contributed by atoms with Crippen LogP contribution in [0.4, 0.5) is 0 Å². The second-order valence-electron chi connectivity index (χ2n) is 4.51. The Bertz CT molecular complexity index is 526. The van der Waals surface area contributed by atoms with Crippen molar-refractivity contribution in [3.8, 4) is 0 Å². The smallest absolute Gasteiger partial charge is 0.103 e. The average Bonchev–Trinajstić information content (AvgIpc) is 2.82. The molecule has 0 saturated heterocycles. The van der Waals surface area contributed by atoms with Gasteiger partial charge in [0, 0.05) is 27.9 Å². The molecule has 19 heavy (non-hydrogen) atoms. The van der Waals surface area contributed by atoms with Gasteiger partial charge in [-0.15, -0.1) is 23.1 Å². The first-order valence-corrected chi connectivity index (χ1v) is 8.43. The maximum Gasteiger partial charge on any atom is 0.103 e. The fourth-order valence-electron chi connectivity index (χ4n) is 1.51. The molecule has 0 atom stereocenters. The quantitative estimate of drug-likeness (QED) is 0.790. The molecular formula is C14H17ClN2S2. The monoisotopic (exact) mass is 312 g/mol. The molecule has 2 rings (SSSR count). The third-order valence-electron chi connectivity index (χ3n) is 2.45. The minimum atomic E-state index is 0.492. The number of aromatic nitrogens is 1. The Kier molecular flexibility index (Phi) is 5.70. The standard InChI is InChI=1S/C14H17ClN2S2/c1-10(2)16-7-12-8-19-14(17-12)9-18-13-5-3-4-11(15)6-13/h3-6,8,10,16H,7,9H2,1-2H3. The van der Waals surface area contributed by atoms with Crippen molar-refractivity contribution in [1.82, 2.24) is 10.3 Å². The van der Waals surface area contributed by atoms with Crippen LogP contribution in [-0.4, -0.2) is 11.0 Å². The van der Waals surface area contributed by atoms with Gasteiger partial charge in [0.2, 0.25) is 0 Å². The van der Waals surface area contributed by atoms with Crippen molar-refractivity contribution < 1.29 is 0 Å². The summed E-state index contributed by atoms with van der Waals surface area (Å²) < 4.78 is 0. The molecule has 102 valence electrons. The van der Waals surface area contributed by atoms with Crippen molar-refractivity contribution in [3.63, 3.8) is 0 Å². The molecular weight excluding hydrogens is 296 g/mol. The van der Waals surface area contributed by atoms with Crippen molar-refractivity contribution >= 4 is 34.7 Å². The lowest BCUT2D eigenvalue weighted by molar-refractivity contribution is 0.582. The lowest BCUT2D eigenvalue weighted by Crippen LogP contribution is -2.21. The molecule has 1 heterocycles. The van der Waals surface area contributed by atoms with Gasteiger partial charge in [0.15, 0.2) is 0 Å². The Morgan fingerprint density at radius 1 is 1.42 bits per heavy atom. The molecule has 1 N–H and O–H groups in total. The van der Waals surface area contributed by atoms with Crippen LogP contribution in [0, 0.1) is 0 Å². The third kappa shape index (κ3) is 5.15. The second-order valence-corrected chi connectivity index (χ2v) is 6.94. The Hall–Kier alpha value is -0.550. The van der Waals surface area contributed by atoms with E-state index in [2.05, 4.69) is 35.6 Å². The molecule has 0 aliphatic heterocycles. The van der Waals surface area contributed by atoms with Crippen LogP contribution in [0.25, 0.3) is 0 Å². The minimum absolute atomic E-state index is 0.492. The first kappa shape index (κ1) is 14.9. The van der Waals surface area contributed by atoms with Gasteiger partial charge in [-0.1, -0.05) is 31.5 Å². The van der Waals surface area contributed by atoms with Gasteiger partial charge in [0.1, 0.15) is 5.01 Å². The molecule has 1 aromatic heterocycles. The summed E-state index contributed by atoms with van der Waals surface area (Å²) in [5, 5.41) is 7.45. The fourth-order valence-corrected chi connectivity index (χ4v) is 3.53. The van der Waals surface area contributed by atoms with Gasteiger partial charge in [0.25, 0.3) is 0 Å². The highest BCUT2D eigenvalue weighted by atomic mass is 35.5. The van der Waals surface area contributed by atoms with Gasteiger partial charge >= 0.3 is 0 Å². The lowest BCUT2D eigenvalue weighted by Gasteiger charge is -2.04. The van der Waals surface area contributed by atoms with E-state index in [1.165, 1.54) is 4.90 Å². The van der Waals surface area contributed by atoms with Crippen molar-refractivity contribution in [1.29, 1.82) is 0 Å². The van der Waals surface area contributed by atoms with Crippen LogP contribution in [0.5, 0.6) is 0 Å². The topological polar surface area (TPSA) is 24.9 Å². The Morgan fingerprint density at radius 3 is 3.00 bits per heavy atom. The number of nitrogens with one attached hydrogen (secondary N) is 1. The Morgan fingerprint density at radius 2 is 2.26 bits per heavy atom. The van der Waals surface area contributed by atoms with E-state index in [0.717, 1.165) is 28.0 Å². The fraction of sp³-hybridized carbons (Fsp3) is 0.357. The molecule has 0 radical (unpaired) electrons. The maximum absolute atomic E-state index is 5.97. The molecule has 0 bridgehead atoms. The van der Waals surface area contributed by atoms with Gasteiger partial charge in [-0.25, -0.2) is 4.98 Å². The zero-order chi connectivity index (χ0) is 13.7. The van der Waals surface area contributed by atoms with Gasteiger partial charge in [-0.05, 0) is 18.2 Å². The first-order chi connectivity index (χ1) is 9.13. The zero-order valence-corrected chi connectivity index (χ0v) is 13.4. The highest BCUT2D eigenvalue weighted by molar-refractivity contribution is 7.98. The normalized spacial score (nSPS) is 11.2. The summed E-state index contributed by atoms with van der Waals surface area (Å²) in [5.74, 6) is 0.896. The zero-order valence-electron chi connectivity index (χ0n) is 11.0. The van der Waals surface area contributed by atoms with Crippen molar-refractivity contribution in [3.05, 3.63) is 45.4 Å². The number of hydrogen-bond donors (Lipinski definition) is 1. The molecule has 5 heteroatoms. The van der Waals surface area contributed by atoms with Crippen LogP contribution >= 0.6 is 34.7 Å². The predicted octanol–water partition coefficient (Wildman–Crippen LogP) is 4.59. The highest BCUT2D eigenvalue weighted by Gasteiger charge is 2.04. The Labute approximate surface area is 127 Å². The summed E-state index contributed by atoms with van der Waals surface area (Å²) in [5.41, 5.74) is 1.13. The van der Waals surface area contributed by atoms with Crippen molar-refractivity contribution in [2.45, 2.75) is 37.1 Å². The van der Waals surface area contributed by atoms with E-state index in [-0.39, 0.29) is 0 Å². The van der Waals surface area contributed by atoms with E-state index in [4.69, 9.17) is 11.6 Å². The van der Waals surface area contributed by atoms with E-state index in [9.17, 15) is 0 Å². The van der Waals surface area contributed by atoms with Crippen molar-refractivity contribution in [2.24, 2.45) is 0 Å². The molecule has 0 saturated carbocycles. The number of thioether (sulfide) groups is 1. The molecule has 2 nitrogen and oxygen atoms in total. The van der Waals surface area contributed by atoms with E-state index in [0.29, 0.717) is 6.04 Å². The molecule has 0 aliphatic carbocycles. The van der Waals surface area contributed by atoms with Crippen molar-refractivity contribution in [2.75, 3.05) is 0 Å². The highest BCUT2D eigenvalue weighted by Crippen LogP contribution is 2.26. The summed E-state index contributed by atoms with van der Waals surface area (Å²) in [4.78, 5) is 5.81. The van der Waals surface area contributed by atoms with Crippen LogP contribution in [0.15, 0.2) is 34.5 Å². The molecule has 0 spiro atoms. The summed E-state index contributed by atoms with van der Waals surface area (Å²) in [6.07, 6.45) is 0. The van der Waals surface area contributed by atoms with Crippen LogP contribution < -0.4 is 5.32 Å². The summed E-state index contributed by atoms with van der Waals surface area (Å²) in [6.45, 7) is 5.13. The van der Waals surface area contributed by atoms with E-state index in [1.807, 2.05) is 18.2 Å². The number of halogens is 1. The number of rotatable bonds is 6. The number of benzene rings is 1. The van der Waals surface area contributed by atoms with E-state index >= 15 is 0 Å². The van der Waals surface area contributed by atoms with Crippen LogP contribution in [-0.2, 0) is 12.3 Å². The summed E-state index contributed by atoms with van der Waals surface area (Å²) in [6, 6.07) is 8.42. The van der Waals surface area contributed by atoms with E-state index in [1.54, 1.807) is 23.1 Å². The summed E-state index contributed by atoms with van der Waals surface area (Å²) in [7, 11) is 0. The molecule has 1 aromatic carbocycles. The number of thiazole rings is 1. The minimum Gasteiger partial charge on any atom is -0.309 e. The van der Waals surface area contributed by atoms with Gasteiger partial charge in [-0.3, -0.25) is 0 Å². The SMILES string of the molecule is CC(C)NCc1csc(CSc2cccc(Cl)c2)n1. The van der Waals surface area contributed by atoms with E-state index < -0.39 is 0 Å². The molecule has 0 unspecified atom stereocenters. The lowest BCUT2D eigenvalue weighted by atomic mass is 10.4. The van der Waals surface area contributed by atoms with Crippen LogP contribution in [0.2, 0.25) is 5.02 Å². The van der Waals surface area contributed by atoms with Crippen LogP contribution in [0.1, 0.15) is 24.5 Å². The maximum atomic E-state index is 5.97. The van der Waals surface area contributed by atoms with Gasteiger partial charge in [-0.2, -0.15) is 0 Å². The Balaban J connectivity index is 1.86. The number of hydrogen-bond acceptors (Lipinski definition) is 4. The first-order valence-electron chi connectivity index (χ1n) is 6.18. The molecule has 0 fully saturated rings. The average molecular weight is 313 g/mol. The molecule has 0 amide bonds. The van der Waals surface area contributed by atoms with Gasteiger partial charge < -0.3 is 5.32 Å². The van der Waals surface area contributed by atoms with Crippen LogP contribution in [0.3, 0.4) is 0 Å². The van der Waals surface area contributed by atoms with Gasteiger partial charge in [0.05, 0.1) is 11.4 Å². The largest absolute Gasteiger partial charge is 0.309 e. The molecule has 2 aromatic rings. The third-order valence-corrected chi connectivity index (χ3v) is 4.77. The second kappa shape index (κ2) is 7.29. The predicted molar refractivity (Wildman–Crippen MR) is 85.1 cm³/mol. The number of nitrogens with zero attached hydrogens (tertiary/aromatic N) is 1. The molecule has 0 aliphatic rings.